The second-order valence-electron chi connectivity index (χ2n) is 1.98. The van der Waals surface area contributed by atoms with Crippen molar-refractivity contribution in [3.63, 3.8) is 0 Å². The number of esters is 1. The smallest absolute Gasteiger partial charge is 0.332 e. The van der Waals surface area contributed by atoms with E-state index in [1.807, 2.05) is 0 Å². The van der Waals surface area contributed by atoms with Gasteiger partial charge < -0.3 is 4.74 Å². The van der Waals surface area contributed by atoms with Gasteiger partial charge in [0.15, 0.2) is 5.38 Å². The summed E-state index contributed by atoms with van der Waals surface area (Å²) in [4.78, 5) is 21.1. The summed E-state index contributed by atoms with van der Waals surface area (Å²) in [6.07, 6.45) is -2.03. The topological polar surface area (TPSA) is 43.4 Å². The summed E-state index contributed by atoms with van der Waals surface area (Å²) >= 11 is 5.07. The zero-order chi connectivity index (χ0) is 10.4. The molecular formula is C7H7ClF2O3. The van der Waals surface area contributed by atoms with Crippen LogP contribution in [-0.2, 0) is 14.3 Å². The van der Waals surface area contributed by atoms with Gasteiger partial charge in [0.1, 0.15) is 6.61 Å². The normalized spacial score (nSPS) is 12.3. The lowest BCUT2D eigenvalue weighted by Gasteiger charge is -2.06. The van der Waals surface area contributed by atoms with E-state index < -0.39 is 23.6 Å². The Hall–Kier alpha value is -0.970. The Morgan fingerprint density at radius 2 is 2.08 bits per heavy atom. The van der Waals surface area contributed by atoms with Crippen LogP contribution in [0.2, 0.25) is 0 Å². The number of Topliss-reactive ketones (excluding diaryl/α,β-unsaturated/α-hetero) is 1. The first-order valence-electron chi connectivity index (χ1n) is 3.24. The second-order valence-corrected chi connectivity index (χ2v) is 2.42. The molecule has 0 aromatic heterocycles. The Bertz CT molecular complexity index is 218. The van der Waals surface area contributed by atoms with Gasteiger partial charge in [-0.2, -0.15) is 0 Å². The molecule has 0 heterocycles. The van der Waals surface area contributed by atoms with Gasteiger partial charge >= 0.3 is 5.97 Å². The standard InChI is InChI=1S/C7H7ClF2O3/c1-2-3-13-7(12)4(8)5(11)6(9)10/h2,4,6H,1,3H2. The number of carbonyl (C=O) groups excluding carboxylic acids is 2. The van der Waals surface area contributed by atoms with Crippen molar-refractivity contribution in [3.8, 4) is 0 Å². The van der Waals surface area contributed by atoms with Crippen LogP contribution in [0.3, 0.4) is 0 Å². The van der Waals surface area contributed by atoms with Gasteiger partial charge in [-0.25, -0.2) is 13.6 Å². The first-order chi connectivity index (χ1) is 6.00. The molecule has 3 nitrogen and oxygen atoms in total. The fraction of sp³-hybridized carbons (Fsp3) is 0.429. The number of carbonyl (C=O) groups is 2. The number of ether oxygens (including phenoxy) is 1. The predicted octanol–water partition coefficient (Wildman–Crippen LogP) is 1.16. The molecule has 6 heteroatoms. The highest BCUT2D eigenvalue weighted by atomic mass is 35.5. The van der Waals surface area contributed by atoms with Crippen molar-refractivity contribution in [1.29, 1.82) is 0 Å². The van der Waals surface area contributed by atoms with E-state index in [-0.39, 0.29) is 6.61 Å². The highest BCUT2D eigenvalue weighted by molar-refractivity contribution is 6.41. The Morgan fingerprint density at radius 1 is 1.54 bits per heavy atom. The third-order valence-electron chi connectivity index (χ3n) is 1.02. The first-order valence-corrected chi connectivity index (χ1v) is 3.67. The summed E-state index contributed by atoms with van der Waals surface area (Å²) in [6.45, 7) is 3.05. The van der Waals surface area contributed by atoms with Crippen LogP contribution in [0.25, 0.3) is 0 Å². The van der Waals surface area contributed by atoms with E-state index in [4.69, 9.17) is 11.6 Å². The van der Waals surface area contributed by atoms with Crippen LogP contribution in [0.4, 0.5) is 8.78 Å². The Labute approximate surface area is 78.3 Å². The summed E-state index contributed by atoms with van der Waals surface area (Å²) < 4.78 is 27.7. The summed E-state index contributed by atoms with van der Waals surface area (Å²) in [7, 11) is 0. The Balaban J connectivity index is 4.09. The van der Waals surface area contributed by atoms with Crippen LogP contribution >= 0.6 is 11.6 Å². The van der Waals surface area contributed by atoms with Crippen LogP contribution in [0.5, 0.6) is 0 Å². The largest absolute Gasteiger partial charge is 0.460 e. The maximum absolute atomic E-state index is 11.7. The van der Waals surface area contributed by atoms with Gasteiger partial charge in [-0.15, -0.1) is 11.6 Å². The number of ketones is 1. The average molecular weight is 213 g/mol. The number of hydrogen-bond donors (Lipinski definition) is 0. The van der Waals surface area contributed by atoms with Gasteiger partial charge in [0, 0.05) is 0 Å². The molecule has 0 fully saturated rings. The molecule has 0 aliphatic carbocycles. The minimum absolute atomic E-state index is 0.168. The van der Waals surface area contributed by atoms with Gasteiger partial charge in [0.2, 0.25) is 5.78 Å². The Kier molecular flexibility index (Phi) is 5.22. The van der Waals surface area contributed by atoms with E-state index in [2.05, 4.69) is 11.3 Å². The molecule has 74 valence electrons. The van der Waals surface area contributed by atoms with Crippen molar-refractivity contribution in [2.24, 2.45) is 0 Å². The fourth-order valence-electron chi connectivity index (χ4n) is 0.441. The molecule has 0 aromatic carbocycles. The maximum Gasteiger partial charge on any atom is 0.332 e. The zero-order valence-electron chi connectivity index (χ0n) is 6.50. The van der Waals surface area contributed by atoms with Gasteiger partial charge in [-0.3, -0.25) is 4.79 Å². The third-order valence-corrected chi connectivity index (χ3v) is 1.41. The highest BCUT2D eigenvalue weighted by Crippen LogP contribution is 2.07. The molecule has 0 amide bonds. The van der Waals surface area contributed by atoms with Crippen LogP contribution < -0.4 is 0 Å². The molecule has 0 N–H and O–H groups in total. The molecule has 0 saturated heterocycles. The van der Waals surface area contributed by atoms with Crippen LogP contribution in [0.15, 0.2) is 12.7 Å². The van der Waals surface area contributed by atoms with Gasteiger partial charge in [-0.1, -0.05) is 12.7 Å². The van der Waals surface area contributed by atoms with Crippen LogP contribution in [0.1, 0.15) is 0 Å². The van der Waals surface area contributed by atoms with Crippen molar-refractivity contribution in [1.82, 2.24) is 0 Å². The molecule has 13 heavy (non-hydrogen) atoms. The molecular weight excluding hydrogens is 206 g/mol. The molecule has 1 atom stereocenters. The minimum Gasteiger partial charge on any atom is -0.460 e. The third kappa shape index (κ3) is 3.98. The second kappa shape index (κ2) is 5.64. The van der Waals surface area contributed by atoms with E-state index in [0.29, 0.717) is 0 Å². The van der Waals surface area contributed by atoms with Crippen molar-refractivity contribution >= 4 is 23.4 Å². The number of rotatable bonds is 5. The summed E-state index contributed by atoms with van der Waals surface area (Å²) in [5.41, 5.74) is 0. The molecule has 0 saturated carbocycles. The molecule has 0 bridgehead atoms. The van der Waals surface area contributed by atoms with Crippen LogP contribution in [-0.4, -0.2) is 30.2 Å². The van der Waals surface area contributed by atoms with Crippen molar-refractivity contribution < 1.29 is 23.1 Å². The number of halogens is 3. The van der Waals surface area contributed by atoms with E-state index in [9.17, 15) is 18.4 Å². The summed E-state index contributed by atoms with van der Waals surface area (Å²) in [5.74, 6) is -2.84. The number of alkyl halides is 3. The first kappa shape index (κ1) is 12.0. The number of hydrogen-bond acceptors (Lipinski definition) is 3. The fourth-order valence-corrected chi connectivity index (χ4v) is 0.599. The molecule has 0 spiro atoms. The summed E-state index contributed by atoms with van der Waals surface area (Å²) in [6, 6.07) is 0. The lowest BCUT2D eigenvalue weighted by molar-refractivity contribution is -0.147. The molecule has 0 aromatic rings. The molecule has 1 unspecified atom stereocenters. The van der Waals surface area contributed by atoms with E-state index in [0.717, 1.165) is 0 Å². The molecule has 0 radical (unpaired) electrons. The van der Waals surface area contributed by atoms with Crippen molar-refractivity contribution in [2.75, 3.05) is 6.61 Å². The monoisotopic (exact) mass is 212 g/mol. The van der Waals surface area contributed by atoms with E-state index >= 15 is 0 Å². The van der Waals surface area contributed by atoms with Gasteiger partial charge in [0.25, 0.3) is 6.43 Å². The predicted molar refractivity (Wildman–Crippen MR) is 41.8 cm³/mol. The zero-order valence-corrected chi connectivity index (χ0v) is 7.26. The lowest BCUT2D eigenvalue weighted by atomic mass is 10.3. The van der Waals surface area contributed by atoms with Crippen molar-refractivity contribution in [3.05, 3.63) is 12.7 Å². The van der Waals surface area contributed by atoms with Gasteiger partial charge in [-0.05, 0) is 0 Å². The van der Waals surface area contributed by atoms with E-state index in [1.54, 1.807) is 0 Å². The quantitative estimate of drug-likeness (QED) is 0.297. The van der Waals surface area contributed by atoms with Gasteiger partial charge in [0.05, 0.1) is 0 Å². The minimum atomic E-state index is -3.27. The molecule has 0 aliphatic rings. The molecule has 0 aliphatic heterocycles. The lowest BCUT2D eigenvalue weighted by Crippen LogP contribution is -2.31. The highest BCUT2D eigenvalue weighted by Gasteiger charge is 2.31. The van der Waals surface area contributed by atoms with Crippen LogP contribution in [0, 0.1) is 0 Å². The van der Waals surface area contributed by atoms with E-state index in [1.165, 1.54) is 6.08 Å². The maximum atomic E-state index is 11.7. The summed E-state index contributed by atoms with van der Waals surface area (Å²) in [5, 5.41) is -1.94. The van der Waals surface area contributed by atoms with Crippen molar-refractivity contribution in [2.45, 2.75) is 11.8 Å². The molecule has 0 rings (SSSR count). The Morgan fingerprint density at radius 3 is 2.46 bits per heavy atom. The average Bonchev–Trinajstić information content (AvgIpc) is 2.11. The SMILES string of the molecule is C=CCOC(=O)C(Cl)C(=O)C(F)F.